The van der Waals surface area contributed by atoms with Gasteiger partial charge in [0, 0.05) is 23.0 Å². The number of carbonyl (C=O) groups excluding carboxylic acids is 2. The maximum absolute atomic E-state index is 12.1. The van der Waals surface area contributed by atoms with Crippen molar-refractivity contribution in [3.05, 3.63) is 58.1 Å². The standard InChI is InChI=1S/C18H16Cl2N2O2/c19-13-6-7-16(14(20)10-13)21-17(23)8-5-12-9-11-3-1-2-4-15(11)22-18(12)24/h1-4,6-7,10,12H,5,8-9H2,(H,21,23)(H,22,24). The molecular formula is C18H16Cl2N2O2. The molecule has 0 bridgehead atoms. The Balaban J connectivity index is 1.57. The molecule has 0 spiro atoms. The Morgan fingerprint density at radius 3 is 2.79 bits per heavy atom. The van der Waals surface area contributed by atoms with Gasteiger partial charge in [0.2, 0.25) is 11.8 Å². The van der Waals surface area contributed by atoms with Gasteiger partial charge in [0.25, 0.3) is 0 Å². The summed E-state index contributed by atoms with van der Waals surface area (Å²) in [7, 11) is 0. The Bertz CT molecular complexity index is 792. The lowest BCUT2D eigenvalue weighted by Crippen LogP contribution is -2.30. The first kappa shape index (κ1) is 16.8. The first-order valence-electron chi connectivity index (χ1n) is 7.66. The fourth-order valence-corrected chi connectivity index (χ4v) is 3.21. The molecule has 0 aliphatic carbocycles. The van der Waals surface area contributed by atoms with Crippen LogP contribution in [-0.4, -0.2) is 11.8 Å². The molecule has 1 aliphatic heterocycles. The predicted octanol–water partition coefficient (Wildman–Crippen LogP) is 4.52. The van der Waals surface area contributed by atoms with Crippen molar-refractivity contribution in [1.82, 2.24) is 0 Å². The smallest absolute Gasteiger partial charge is 0.227 e. The van der Waals surface area contributed by atoms with Gasteiger partial charge in [-0.05, 0) is 42.7 Å². The molecule has 1 aliphatic rings. The number of hydrogen-bond acceptors (Lipinski definition) is 2. The van der Waals surface area contributed by atoms with Crippen LogP contribution in [0, 0.1) is 5.92 Å². The zero-order chi connectivity index (χ0) is 17.1. The minimum absolute atomic E-state index is 0.0361. The van der Waals surface area contributed by atoms with Gasteiger partial charge in [-0.3, -0.25) is 9.59 Å². The van der Waals surface area contributed by atoms with Crippen molar-refractivity contribution in [3.8, 4) is 0 Å². The molecule has 0 saturated heterocycles. The van der Waals surface area contributed by atoms with Crippen LogP contribution >= 0.6 is 23.2 Å². The topological polar surface area (TPSA) is 58.2 Å². The molecule has 1 unspecified atom stereocenters. The van der Waals surface area contributed by atoms with E-state index in [1.807, 2.05) is 24.3 Å². The average molecular weight is 363 g/mol. The molecule has 124 valence electrons. The summed E-state index contributed by atoms with van der Waals surface area (Å²) in [5.41, 5.74) is 2.48. The van der Waals surface area contributed by atoms with E-state index in [-0.39, 0.29) is 24.2 Å². The maximum atomic E-state index is 12.1. The van der Waals surface area contributed by atoms with E-state index in [1.165, 1.54) is 0 Å². The Kier molecular flexibility index (Phi) is 5.07. The number of hydrogen-bond donors (Lipinski definition) is 2. The van der Waals surface area contributed by atoms with Crippen molar-refractivity contribution in [3.63, 3.8) is 0 Å². The van der Waals surface area contributed by atoms with Crippen molar-refractivity contribution in [2.75, 3.05) is 10.6 Å². The van der Waals surface area contributed by atoms with Crippen LogP contribution in [0.15, 0.2) is 42.5 Å². The summed E-state index contributed by atoms with van der Waals surface area (Å²) in [5.74, 6) is -0.414. The van der Waals surface area contributed by atoms with Gasteiger partial charge < -0.3 is 10.6 Å². The molecule has 2 aromatic carbocycles. The Morgan fingerprint density at radius 1 is 1.21 bits per heavy atom. The van der Waals surface area contributed by atoms with Gasteiger partial charge >= 0.3 is 0 Å². The molecule has 1 heterocycles. The normalized spacial score (nSPS) is 16.2. The molecule has 24 heavy (non-hydrogen) atoms. The Labute approximate surface area is 150 Å². The molecule has 0 saturated carbocycles. The van der Waals surface area contributed by atoms with Crippen LogP contribution in [-0.2, 0) is 16.0 Å². The second-order valence-corrected chi connectivity index (χ2v) is 6.60. The molecular weight excluding hydrogens is 347 g/mol. The molecule has 4 nitrogen and oxygen atoms in total. The van der Waals surface area contributed by atoms with E-state index in [0.717, 1.165) is 11.3 Å². The minimum atomic E-state index is -0.202. The van der Waals surface area contributed by atoms with E-state index < -0.39 is 0 Å². The van der Waals surface area contributed by atoms with Crippen LogP contribution in [0.3, 0.4) is 0 Å². The fraction of sp³-hybridized carbons (Fsp3) is 0.222. The number of anilines is 2. The summed E-state index contributed by atoms with van der Waals surface area (Å²) in [6, 6.07) is 12.6. The highest BCUT2D eigenvalue weighted by Crippen LogP contribution is 2.28. The summed E-state index contributed by atoms with van der Waals surface area (Å²) >= 11 is 11.9. The number of halogens is 2. The second kappa shape index (κ2) is 7.24. The van der Waals surface area contributed by atoms with Gasteiger partial charge in [-0.15, -0.1) is 0 Å². The van der Waals surface area contributed by atoms with E-state index in [9.17, 15) is 9.59 Å². The summed E-state index contributed by atoms with van der Waals surface area (Å²) in [6.45, 7) is 0. The van der Waals surface area contributed by atoms with Crippen LogP contribution in [0.4, 0.5) is 11.4 Å². The molecule has 0 fully saturated rings. The summed E-state index contributed by atoms with van der Waals surface area (Å²) in [5, 5.41) is 6.54. The van der Waals surface area contributed by atoms with Gasteiger partial charge in [0.05, 0.1) is 10.7 Å². The monoisotopic (exact) mass is 362 g/mol. The number of amides is 2. The molecule has 6 heteroatoms. The van der Waals surface area contributed by atoms with Crippen LogP contribution in [0.25, 0.3) is 0 Å². The lowest BCUT2D eigenvalue weighted by atomic mass is 9.89. The molecule has 2 N–H and O–H groups in total. The number of para-hydroxylation sites is 1. The van der Waals surface area contributed by atoms with Crippen LogP contribution in [0.2, 0.25) is 10.0 Å². The Morgan fingerprint density at radius 2 is 2.00 bits per heavy atom. The first-order valence-corrected chi connectivity index (χ1v) is 8.42. The molecule has 3 rings (SSSR count). The van der Waals surface area contributed by atoms with Crippen LogP contribution < -0.4 is 10.6 Å². The molecule has 2 amide bonds. The lowest BCUT2D eigenvalue weighted by Gasteiger charge is -2.24. The van der Waals surface area contributed by atoms with E-state index in [4.69, 9.17) is 23.2 Å². The maximum Gasteiger partial charge on any atom is 0.227 e. The van der Waals surface area contributed by atoms with Gasteiger partial charge in [-0.1, -0.05) is 41.4 Å². The van der Waals surface area contributed by atoms with Crippen molar-refractivity contribution in [1.29, 1.82) is 0 Å². The van der Waals surface area contributed by atoms with Crippen molar-refractivity contribution < 1.29 is 9.59 Å². The summed E-state index contributed by atoms with van der Waals surface area (Å²) in [6.07, 6.45) is 1.38. The van der Waals surface area contributed by atoms with Crippen LogP contribution in [0.5, 0.6) is 0 Å². The lowest BCUT2D eigenvalue weighted by molar-refractivity contribution is -0.121. The van der Waals surface area contributed by atoms with Crippen molar-refractivity contribution in [2.24, 2.45) is 5.92 Å². The van der Waals surface area contributed by atoms with E-state index >= 15 is 0 Å². The molecule has 1 atom stereocenters. The largest absolute Gasteiger partial charge is 0.326 e. The fourth-order valence-electron chi connectivity index (χ4n) is 2.76. The highest BCUT2D eigenvalue weighted by molar-refractivity contribution is 6.36. The van der Waals surface area contributed by atoms with Crippen molar-refractivity contribution >= 4 is 46.4 Å². The number of fused-ring (bicyclic) bond motifs is 1. The number of carbonyl (C=O) groups is 2. The third-order valence-electron chi connectivity index (χ3n) is 4.04. The quantitative estimate of drug-likeness (QED) is 0.839. The van der Waals surface area contributed by atoms with Gasteiger partial charge in [-0.25, -0.2) is 0 Å². The minimum Gasteiger partial charge on any atom is -0.326 e. The first-order chi connectivity index (χ1) is 11.5. The predicted molar refractivity (Wildman–Crippen MR) is 96.6 cm³/mol. The third kappa shape index (κ3) is 3.89. The van der Waals surface area contributed by atoms with E-state index in [1.54, 1.807) is 18.2 Å². The number of rotatable bonds is 4. The molecule has 0 radical (unpaired) electrons. The third-order valence-corrected chi connectivity index (χ3v) is 4.59. The summed E-state index contributed by atoms with van der Waals surface area (Å²) in [4.78, 5) is 24.3. The van der Waals surface area contributed by atoms with Gasteiger partial charge in [0.15, 0.2) is 0 Å². The van der Waals surface area contributed by atoms with Crippen molar-refractivity contribution in [2.45, 2.75) is 19.3 Å². The zero-order valence-corrected chi connectivity index (χ0v) is 14.3. The van der Waals surface area contributed by atoms with Gasteiger partial charge in [-0.2, -0.15) is 0 Å². The highest BCUT2D eigenvalue weighted by atomic mass is 35.5. The van der Waals surface area contributed by atoms with Gasteiger partial charge in [0.1, 0.15) is 0 Å². The number of nitrogens with one attached hydrogen (secondary N) is 2. The van der Waals surface area contributed by atoms with Crippen LogP contribution in [0.1, 0.15) is 18.4 Å². The highest BCUT2D eigenvalue weighted by Gasteiger charge is 2.26. The summed E-state index contributed by atoms with van der Waals surface area (Å²) < 4.78 is 0. The zero-order valence-electron chi connectivity index (χ0n) is 12.8. The number of benzene rings is 2. The second-order valence-electron chi connectivity index (χ2n) is 5.76. The SMILES string of the molecule is O=C(CCC1Cc2ccccc2NC1=O)Nc1ccc(Cl)cc1Cl. The van der Waals surface area contributed by atoms with E-state index in [0.29, 0.717) is 28.6 Å². The van der Waals surface area contributed by atoms with E-state index in [2.05, 4.69) is 10.6 Å². The molecule has 0 aromatic heterocycles. The molecule has 2 aromatic rings. The Hall–Kier alpha value is -2.04. The average Bonchev–Trinajstić information content (AvgIpc) is 2.55.